The number of piperazine rings is 1. The Bertz CT molecular complexity index is 1510. The molecule has 4 N–H and O–H groups in total. The molecule has 0 radical (unpaired) electrons. The molecule has 0 spiro atoms. The summed E-state index contributed by atoms with van der Waals surface area (Å²) in [7, 11) is 0. The largest absolute Gasteiger partial charge is 0.366 e. The predicted octanol–water partition coefficient (Wildman–Crippen LogP) is 4.12. The molecule has 43 heavy (non-hydrogen) atoms. The Kier molecular flexibility index (Phi) is 9.01. The lowest BCUT2D eigenvalue weighted by Crippen LogP contribution is -2.49. The van der Waals surface area contributed by atoms with E-state index in [1.54, 1.807) is 12.1 Å². The first-order valence-corrected chi connectivity index (χ1v) is 14.5. The van der Waals surface area contributed by atoms with Gasteiger partial charge in [0.05, 0.1) is 16.3 Å². The van der Waals surface area contributed by atoms with E-state index in [2.05, 4.69) is 15.5 Å². The lowest BCUT2D eigenvalue weighted by molar-refractivity contribution is -0.384. The number of anilines is 2. The van der Waals surface area contributed by atoms with Crippen LogP contribution in [0.25, 0.3) is 0 Å². The number of nitrogens with one attached hydrogen (secondary N) is 2. The molecule has 0 unspecified atom stereocenters. The molecule has 0 bridgehead atoms. The summed E-state index contributed by atoms with van der Waals surface area (Å²) in [6, 6.07) is 18.3. The van der Waals surface area contributed by atoms with Crippen molar-refractivity contribution in [2.45, 2.75) is 44.7 Å². The maximum Gasteiger partial charge on any atom is 0.269 e. The number of benzene rings is 3. The van der Waals surface area contributed by atoms with Gasteiger partial charge in [0.2, 0.25) is 0 Å². The minimum Gasteiger partial charge on any atom is -0.366 e. The van der Waals surface area contributed by atoms with Crippen LogP contribution in [0.1, 0.15) is 62.3 Å². The van der Waals surface area contributed by atoms with Gasteiger partial charge in [0.25, 0.3) is 23.4 Å². The molecule has 11 heteroatoms. The third-order valence-corrected chi connectivity index (χ3v) is 8.13. The Balaban J connectivity index is 1.34. The van der Waals surface area contributed by atoms with E-state index >= 15 is 0 Å². The smallest absolute Gasteiger partial charge is 0.269 e. The highest BCUT2D eigenvalue weighted by atomic mass is 16.6. The average Bonchev–Trinajstić information content (AvgIpc) is 3.02. The molecule has 5 rings (SSSR count). The van der Waals surface area contributed by atoms with E-state index < -0.39 is 10.8 Å². The number of amides is 3. The fourth-order valence-electron chi connectivity index (χ4n) is 5.63. The molecule has 3 amide bonds. The maximum absolute atomic E-state index is 13.2. The van der Waals surface area contributed by atoms with E-state index in [0.717, 1.165) is 36.9 Å². The normalized spacial score (nSPS) is 18.6. The Hall–Kier alpha value is -4.77. The SMILES string of the molecule is Cc1cccc(C(=O)N2CCN(c3ccc(C(=O)NC4CCC(N)CC4)cc3NC(=O)c3ccc([N+](=O)[O-])cc3)CC2)c1. The van der Waals surface area contributed by atoms with E-state index in [1.165, 1.54) is 24.3 Å². The highest BCUT2D eigenvalue weighted by molar-refractivity contribution is 6.07. The summed E-state index contributed by atoms with van der Waals surface area (Å²) in [6.45, 7) is 4.01. The molecule has 2 aliphatic rings. The number of rotatable bonds is 7. The first-order valence-electron chi connectivity index (χ1n) is 14.5. The minimum absolute atomic E-state index is 0.0225. The molecule has 2 fully saturated rings. The highest BCUT2D eigenvalue weighted by Gasteiger charge is 2.26. The van der Waals surface area contributed by atoms with Crippen molar-refractivity contribution in [1.82, 2.24) is 10.2 Å². The molecule has 1 saturated heterocycles. The molecule has 0 atom stereocenters. The zero-order valence-corrected chi connectivity index (χ0v) is 24.1. The van der Waals surface area contributed by atoms with Crippen molar-refractivity contribution in [2.24, 2.45) is 5.73 Å². The maximum atomic E-state index is 13.2. The predicted molar refractivity (Wildman–Crippen MR) is 164 cm³/mol. The number of nitro groups is 1. The number of nitrogens with zero attached hydrogens (tertiary/aromatic N) is 3. The average molecular weight is 585 g/mol. The van der Waals surface area contributed by atoms with E-state index in [1.807, 2.05) is 42.2 Å². The van der Waals surface area contributed by atoms with E-state index in [9.17, 15) is 24.5 Å². The summed E-state index contributed by atoms with van der Waals surface area (Å²) in [6.07, 6.45) is 3.36. The topological polar surface area (TPSA) is 151 Å². The molecule has 1 heterocycles. The second kappa shape index (κ2) is 13.0. The zero-order chi connectivity index (χ0) is 30.5. The number of non-ortho nitro benzene ring substituents is 1. The van der Waals surface area contributed by atoms with Gasteiger partial charge < -0.3 is 26.2 Å². The van der Waals surface area contributed by atoms with Gasteiger partial charge in [0.15, 0.2) is 0 Å². The lowest BCUT2D eigenvalue weighted by atomic mass is 9.91. The van der Waals surface area contributed by atoms with E-state index in [4.69, 9.17) is 5.73 Å². The zero-order valence-electron chi connectivity index (χ0n) is 24.1. The van der Waals surface area contributed by atoms with Gasteiger partial charge in [0, 0.05) is 67.1 Å². The molecular weight excluding hydrogens is 548 g/mol. The first kappa shape index (κ1) is 29.7. The fraction of sp³-hybridized carbons (Fsp3) is 0.344. The molecule has 1 aliphatic carbocycles. The summed E-state index contributed by atoms with van der Waals surface area (Å²) >= 11 is 0. The second-order valence-corrected chi connectivity index (χ2v) is 11.2. The van der Waals surface area contributed by atoms with Gasteiger partial charge in [-0.1, -0.05) is 17.7 Å². The summed E-state index contributed by atoms with van der Waals surface area (Å²) < 4.78 is 0. The van der Waals surface area contributed by atoms with Gasteiger partial charge in [-0.15, -0.1) is 0 Å². The number of nitrogens with two attached hydrogens (primary N) is 1. The van der Waals surface area contributed by atoms with Gasteiger partial charge in [-0.05, 0) is 75.1 Å². The van der Waals surface area contributed by atoms with Crippen LogP contribution in [0.2, 0.25) is 0 Å². The third-order valence-electron chi connectivity index (χ3n) is 8.13. The summed E-state index contributed by atoms with van der Waals surface area (Å²) in [5.41, 5.74) is 9.40. The van der Waals surface area contributed by atoms with Crippen molar-refractivity contribution in [3.05, 3.63) is 99.1 Å². The Labute approximate surface area is 250 Å². The van der Waals surface area contributed by atoms with Crippen LogP contribution in [0.5, 0.6) is 0 Å². The lowest BCUT2D eigenvalue weighted by Gasteiger charge is -2.37. The van der Waals surface area contributed by atoms with Crippen molar-refractivity contribution in [3.8, 4) is 0 Å². The van der Waals surface area contributed by atoms with Crippen LogP contribution < -0.4 is 21.3 Å². The quantitative estimate of drug-likeness (QED) is 0.279. The van der Waals surface area contributed by atoms with Crippen LogP contribution in [0.15, 0.2) is 66.7 Å². The van der Waals surface area contributed by atoms with E-state index in [0.29, 0.717) is 43.0 Å². The summed E-state index contributed by atoms with van der Waals surface area (Å²) in [5.74, 6) is -0.708. The number of aryl methyl sites for hydroxylation is 1. The Morgan fingerprint density at radius 1 is 0.837 bits per heavy atom. The molecule has 3 aromatic rings. The molecule has 0 aromatic heterocycles. The summed E-state index contributed by atoms with van der Waals surface area (Å²) in [4.78, 5) is 53.9. The monoisotopic (exact) mass is 584 g/mol. The molecule has 11 nitrogen and oxygen atoms in total. The molecule has 1 saturated carbocycles. The van der Waals surface area contributed by atoms with Crippen molar-refractivity contribution in [1.29, 1.82) is 0 Å². The second-order valence-electron chi connectivity index (χ2n) is 11.2. The highest BCUT2D eigenvalue weighted by Crippen LogP contribution is 2.30. The van der Waals surface area contributed by atoms with Gasteiger partial charge in [-0.2, -0.15) is 0 Å². The standard InChI is InChI=1S/C32H36N6O5/c1-21-3-2-4-24(19-21)32(41)37-17-15-36(16-18-37)29-14-7-23(31(40)34-26-10-8-25(33)9-11-26)20-28(29)35-30(39)22-5-12-27(13-6-22)38(42)43/h2-7,12-14,19-20,25-26H,8-11,15-18,33H2,1H3,(H,34,40)(H,35,39). The van der Waals surface area contributed by atoms with Crippen LogP contribution in [-0.2, 0) is 0 Å². The van der Waals surface area contributed by atoms with Crippen LogP contribution in [0, 0.1) is 17.0 Å². The van der Waals surface area contributed by atoms with Crippen molar-refractivity contribution < 1.29 is 19.3 Å². The van der Waals surface area contributed by atoms with Crippen LogP contribution in [0.4, 0.5) is 17.1 Å². The number of nitro benzene ring substituents is 1. The fourth-order valence-corrected chi connectivity index (χ4v) is 5.63. The van der Waals surface area contributed by atoms with Crippen LogP contribution in [0.3, 0.4) is 0 Å². The minimum atomic E-state index is -0.523. The number of carbonyl (C=O) groups is 3. The van der Waals surface area contributed by atoms with Crippen molar-refractivity contribution in [2.75, 3.05) is 36.4 Å². The third kappa shape index (κ3) is 7.18. The van der Waals surface area contributed by atoms with Gasteiger partial charge in [-0.3, -0.25) is 24.5 Å². The number of hydrogen-bond acceptors (Lipinski definition) is 7. The Morgan fingerprint density at radius 3 is 2.16 bits per heavy atom. The van der Waals surface area contributed by atoms with Crippen LogP contribution in [-0.4, -0.2) is 65.8 Å². The van der Waals surface area contributed by atoms with Crippen molar-refractivity contribution in [3.63, 3.8) is 0 Å². The molecular formula is C32H36N6O5. The number of carbonyl (C=O) groups excluding carboxylic acids is 3. The molecule has 1 aliphatic heterocycles. The van der Waals surface area contributed by atoms with Gasteiger partial charge in [-0.25, -0.2) is 0 Å². The van der Waals surface area contributed by atoms with Gasteiger partial charge in [0.1, 0.15) is 0 Å². The van der Waals surface area contributed by atoms with E-state index in [-0.39, 0.29) is 35.1 Å². The van der Waals surface area contributed by atoms with Crippen LogP contribution >= 0.6 is 0 Å². The summed E-state index contributed by atoms with van der Waals surface area (Å²) in [5, 5.41) is 17.1. The van der Waals surface area contributed by atoms with Gasteiger partial charge >= 0.3 is 0 Å². The molecule has 3 aromatic carbocycles. The first-order chi connectivity index (χ1) is 20.7. The Morgan fingerprint density at radius 2 is 1.51 bits per heavy atom. The number of hydrogen-bond donors (Lipinski definition) is 3. The molecule has 224 valence electrons. The van der Waals surface area contributed by atoms with Crippen molar-refractivity contribution >= 4 is 34.8 Å².